The molecule has 3 saturated heterocycles. The molecule has 6 nitrogen and oxygen atoms in total. The van der Waals surface area contributed by atoms with Crippen LogP contribution < -0.4 is 10.2 Å². The molecule has 1 spiro atoms. The Morgan fingerprint density at radius 3 is 2.71 bits per heavy atom. The van der Waals surface area contributed by atoms with Gasteiger partial charge < -0.3 is 5.32 Å². The fourth-order valence-corrected chi connectivity index (χ4v) is 6.58. The van der Waals surface area contributed by atoms with E-state index in [1.165, 1.54) is 18.2 Å². The normalized spacial score (nSPS) is 31.4. The van der Waals surface area contributed by atoms with E-state index in [4.69, 9.17) is 11.6 Å². The first-order chi connectivity index (χ1) is 14.9. The highest BCUT2D eigenvalue weighted by Crippen LogP contribution is 2.61. The second kappa shape index (κ2) is 6.14. The first-order valence-corrected chi connectivity index (χ1v) is 10.8. The number of aryl methyl sites for hydroxylation is 1. The quantitative estimate of drug-likeness (QED) is 0.693. The van der Waals surface area contributed by atoms with Gasteiger partial charge in [0.1, 0.15) is 11.4 Å². The second-order valence-corrected chi connectivity index (χ2v) is 9.17. The molecule has 4 heterocycles. The van der Waals surface area contributed by atoms with E-state index in [0.29, 0.717) is 29.2 Å². The average molecular weight is 440 g/mol. The maximum atomic E-state index is 14.6. The molecule has 0 unspecified atom stereocenters. The maximum Gasteiger partial charge on any atom is 0.250 e. The maximum absolute atomic E-state index is 14.6. The Hall–Kier alpha value is -2.77. The van der Waals surface area contributed by atoms with Crippen molar-refractivity contribution < 1.29 is 18.8 Å². The van der Waals surface area contributed by atoms with Crippen molar-refractivity contribution in [1.82, 2.24) is 4.90 Å². The van der Waals surface area contributed by atoms with Crippen molar-refractivity contribution >= 4 is 40.7 Å². The van der Waals surface area contributed by atoms with Crippen LogP contribution in [0.2, 0.25) is 5.02 Å². The van der Waals surface area contributed by atoms with Crippen molar-refractivity contribution in [3.05, 3.63) is 58.4 Å². The van der Waals surface area contributed by atoms with Gasteiger partial charge >= 0.3 is 0 Å². The van der Waals surface area contributed by atoms with Crippen LogP contribution in [0.3, 0.4) is 0 Å². The molecule has 4 aliphatic rings. The van der Waals surface area contributed by atoms with Crippen molar-refractivity contribution in [1.29, 1.82) is 0 Å². The Labute approximate surface area is 183 Å². The number of benzene rings is 2. The predicted molar refractivity (Wildman–Crippen MR) is 112 cm³/mol. The molecule has 0 radical (unpaired) electrons. The summed E-state index contributed by atoms with van der Waals surface area (Å²) >= 11 is 6.36. The number of hydrogen-bond acceptors (Lipinski definition) is 4. The fourth-order valence-electron chi connectivity index (χ4n) is 6.31. The van der Waals surface area contributed by atoms with Crippen LogP contribution in [0.25, 0.3) is 0 Å². The van der Waals surface area contributed by atoms with E-state index in [9.17, 15) is 18.8 Å². The molecule has 0 bridgehead atoms. The molecule has 4 atom stereocenters. The third kappa shape index (κ3) is 2.13. The summed E-state index contributed by atoms with van der Waals surface area (Å²) in [4.78, 5) is 43.9. The zero-order valence-electron chi connectivity index (χ0n) is 16.7. The number of carbonyl (C=O) groups excluding carboxylic acids is 3. The van der Waals surface area contributed by atoms with Crippen LogP contribution in [-0.2, 0) is 19.9 Å². The van der Waals surface area contributed by atoms with Crippen LogP contribution in [0.15, 0.2) is 36.4 Å². The number of carbonyl (C=O) groups is 3. The molecule has 2 aromatic carbocycles. The minimum absolute atomic E-state index is 0.0625. The smallest absolute Gasteiger partial charge is 0.250 e. The van der Waals surface area contributed by atoms with Gasteiger partial charge in [-0.1, -0.05) is 23.7 Å². The molecule has 0 saturated carbocycles. The lowest BCUT2D eigenvalue weighted by Gasteiger charge is -2.36. The summed E-state index contributed by atoms with van der Waals surface area (Å²) in [5, 5.41) is 3.42. The van der Waals surface area contributed by atoms with Crippen LogP contribution in [-0.4, -0.2) is 35.2 Å². The van der Waals surface area contributed by atoms with Crippen LogP contribution >= 0.6 is 11.6 Å². The second-order valence-electron chi connectivity index (χ2n) is 8.74. The first-order valence-electron chi connectivity index (χ1n) is 10.4. The number of amides is 3. The molecule has 158 valence electrons. The van der Waals surface area contributed by atoms with E-state index in [2.05, 4.69) is 5.32 Å². The van der Waals surface area contributed by atoms with Crippen LogP contribution in [0.1, 0.15) is 24.0 Å². The van der Waals surface area contributed by atoms with Crippen molar-refractivity contribution in [3.63, 3.8) is 0 Å². The van der Waals surface area contributed by atoms with Crippen LogP contribution in [0.5, 0.6) is 0 Å². The Morgan fingerprint density at radius 1 is 1.16 bits per heavy atom. The van der Waals surface area contributed by atoms with Gasteiger partial charge in [-0.15, -0.1) is 0 Å². The fraction of sp³-hybridized carbons (Fsp3) is 0.348. The topological polar surface area (TPSA) is 69.7 Å². The zero-order valence-corrected chi connectivity index (χ0v) is 17.4. The van der Waals surface area contributed by atoms with Gasteiger partial charge in [0.2, 0.25) is 17.7 Å². The molecular weight excluding hydrogens is 421 g/mol. The van der Waals surface area contributed by atoms with Gasteiger partial charge in [-0.2, -0.15) is 0 Å². The van der Waals surface area contributed by atoms with E-state index < -0.39 is 35.0 Å². The highest BCUT2D eigenvalue weighted by Gasteiger charge is 2.74. The molecule has 2 aromatic rings. The van der Waals surface area contributed by atoms with Crippen molar-refractivity contribution in [2.24, 2.45) is 11.8 Å². The molecular formula is C23H19ClFN3O3. The first kappa shape index (κ1) is 19.0. The summed E-state index contributed by atoms with van der Waals surface area (Å²) < 4.78 is 14.6. The highest BCUT2D eigenvalue weighted by atomic mass is 35.5. The minimum atomic E-state index is -1.32. The van der Waals surface area contributed by atoms with Crippen molar-refractivity contribution in [3.8, 4) is 0 Å². The summed E-state index contributed by atoms with van der Waals surface area (Å²) in [6.45, 7) is 2.46. The monoisotopic (exact) mass is 439 g/mol. The lowest BCUT2D eigenvalue weighted by atomic mass is 9.75. The Balaban J connectivity index is 1.60. The molecule has 3 fully saturated rings. The average Bonchev–Trinajstić information content (AvgIpc) is 3.42. The predicted octanol–water partition coefficient (Wildman–Crippen LogP) is 3.22. The van der Waals surface area contributed by atoms with E-state index in [0.717, 1.165) is 16.9 Å². The zero-order chi connectivity index (χ0) is 21.7. The van der Waals surface area contributed by atoms with E-state index in [1.807, 2.05) is 11.8 Å². The molecule has 8 heteroatoms. The standard InChI is InChI=1S/C23H19ClFN3O3/c1-11-9-12(24)10-13-19(11)26-22(31)23(13)18-17(16-7-4-8-27(16)23)20(29)28(21(18)30)15-6-3-2-5-14(15)25/h2-3,5-6,9-10,16-18H,4,7-8H2,1H3,(H,26,31)/t16-,17+,18+,23+/m1/s1. The number of nitrogens with one attached hydrogen (secondary N) is 1. The van der Waals surface area contributed by atoms with Gasteiger partial charge in [0.05, 0.1) is 17.5 Å². The van der Waals surface area contributed by atoms with Crippen LogP contribution in [0, 0.1) is 24.6 Å². The van der Waals surface area contributed by atoms with E-state index >= 15 is 0 Å². The van der Waals surface area contributed by atoms with E-state index in [-0.39, 0.29) is 17.6 Å². The molecule has 31 heavy (non-hydrogen) atoms. The van der Waals surface area contributed by atoms with Gasteiger partial charge in [-0.05, 0) is 56.1 Å². The molecule has 0 aromatic heterocycles. The number of para-hydroxylation sites is 1. The highest BCUT2D eigenvalue weighted by molar-refractivity contribution is 6.31. The lowest BCUT2D eigenvalue weighted by molar-refractivity contribution is -0.135. The van der Waals surface area contributed by atoms with Crippen molar-refractivity contribution in [2.75, 3.05) is 16.8 Å². The largest absolute Gasteiger partial charge is 0.324 e. The van der Waals surface area contributed by atoms with Gasteiger partial charge in [0, 0.05) is 22.3 Å². The summed E-state index contributed by atoms with van der Waals surface area (Å²) in [5.41, 5.74) is 0.703. The molecule has 0 aliphatic carbocycles. The van der Waals surface area contributed by atoms with Gasteiger partial charge in [-0.25, -0.2) is 9.29 Å². The molecule has 1 N–H and O–H groups in total. The Bertz CT molecular complexity index is 1200. The third-order valence-electron chi connectivity index (χ3n) is 7.36. The minimum Gasteiger partial charge on any atom is -0.324 e. The van der Waals surface area contributed by atoms with Gasteiger partial charge in [0.25, 0.3) is 0 Å². The Kier molecular flexibility index (Phi) is 3.76. The van der Waals surface area contributed by atoms with Crippen molar-refractivity contribution in [2.45, 2.75) is 31.3 Å². The molecule has 6 rings (SSSR count). The summed E-state index contributed by atoms with van der Waals surface area (Å²) in [6, 6.07) is 8.98. The SMILES string of the molecule is Cc1cc(Cl)cc2c1NC(=O)[C@@]21[C@@H]2C(=O)N(c3ccccc3F)C(=O)[C@H]2[C@H]2CCCN21. The number of nitrogens with zero attached hydrogens (tertiary/aromatic N) is 2. The molecule has 4 aliphatic heterocycles. The number of fused-ring (bicyclic) bond motifs is 7. The number of hydrogen-bond donors (Lipinski definition) is 1. The third-order valence-corrected chi connectivity index (χ3v) is 7.58. The lowest BCUT2D eigenvalue weighted by Crippen LogP contribution is -2.54. The number of halogens is 2. The number of imide groups is 1. The van der Waals surface area contributed by atoms with Gasteiger partial charge in [0.15, 0.2) is 0 Å². The van der Waals surface area contributed by atoms with Crippen LogP contribution in [0.4, 0.5) is 15.8 Å². The molecule has 3 amide bonds. The summed E-state index contributed by atoms with van der Waals surface area (Å²) in [7, 11) is 0. The summed E-state index contributed by atoms with van der Waals surface area (Å²) in [6.07, 6.45) is 1.52. The van der Waals surface area contributed by atoms with Gasteiger partial charge in [-0.3, -0.25) is 19.3 Å². The van der Waals surface area contributed by atoms with E-state index in [1.54, 1.807) is 18.2 Å². The Morgan fingerprint density at radius 2 is 1.94 bits per heavy atom. The number of rotatable bonds is 1. The number of anilines is 2. The summed E-state index contributed by atoms with van der Waals surface area (Å²) in [5.74, 6) is -3.56.